The average Bonchev–Trinajstić information content (AvgIpc) is 3.14. The molecule has 0 spiro atoms. The molecule has 0 fully saturated rings. The van der Waals surface area contributed by atoms with Crippen LogP contribution in [0.25, 0.3) is 0 Å². The third-order valence-corrected chi connectivity index (χ3v) is 4.44. The van der Waals surface area contributed by atoms with Gasteiger partial charge in [-0.3, -0.25) is 4.79 Å². The molecule has 0 unspecified atom stereocenters. The highest BCUT2D eigenvalue weighted by Crippen LogP contribution is 2.26. The van der Waals surface area contributed by atoms with Crippen LogP contribution in [0.5, 0.6) is 11.5 Å². The van der Waals surface area contributed by atoms with E-state index in [0.29, 0.717) is 24.5 Å². The maximum atomic E-state index is 11.9. The Kier molecular flexibility index (Phi) is 7.58. The van der Waals surface area contributed by atoms with Crippen LogP contribution in [-0.2, 0) is 4.79 Å². The van der Waals surface area contributed by atoms with Crippen molar-refractivity contribution in [1.29, 1.82) is 0 Å². The van der Waals surface area contributed by atoms with E-state index in [1.54, 1.807) is 30.6 Å². The second-order valence-electron chi connectivity index (χ2n) is 5.34. The molecule has 0 radical (unpaired) electrons. The zero-order valence-electron chi connectivity index (χ0n) is 13.7. The van der Waals surface area contributed by atoms with Gasteiger partial charge in [-0.1, -0.05) is 12.1 Å². The number of ether oxygens (including phenoxy) is 2. The molecular formula is C18H23NO4S. The normalized spacial score (nSPS) is 11.8. The standard InChI is InChI=1S/C18H23NO4S/c1-22-16-4-2-3-5-17(16)23-12-18(21)19-9-6-14(7-10-20)15-8-11-24-13-15/h2-5,8,11,13-14,20H,6-7,9-10,12H2,1H3,(H,19,21)/t14-/m1/s1. The SMILES string of the molecule is COc1ccccc1OCC(=O)NCC[C@H](CCO)c1ccsc1. The lowest BCUT2D eigenvalue weighted by Crippen LogP contribution is -2.30. The number of aliphatic hydroxyl groups is 1. The summed E-state index contributed by atoms with van der Waals surface area (Å²) < 4.78 is 10.7. The molecule has 0 saturated heterocycles. The van der Waals surface area contributed by atoms with E-state index in [2.05, 4.69) is 16.8 Å². The molecule has 0 saturated carbocycles. The first-order valence-corrected chi connectivity index (χ1v) is 8.84. The number of carbonyl (C=O) groups is 1. The van der Waals surface area contributed by atoms with Gasteiger partial charge >= 0.3 is 0 Å². The van der Waals surface area contributed by atoms with Gasteiger partial charge in [0.25, 0.3) is 5.91 Å². The summed E-state index contributed by atoms with van der Waals surface area (Å²) in [5, 5.41) is 16.2. The van der Waals surface area contributed by atoms with Gasteiger partial charge in [-0.05, 0) is 53.3 Å². The molecule has 2 N–H and O–H groups in total. The first kappa shape index (κ1) is 18.3. The van der Waals surface area contributed by atoms with E-state index in [-0.39, 0.29) is 25.0 Å². The number of nitrogens with one attached hydrogen (secondary N) is 1. The minimum atomic E-state index is -0.172. The minimum Gasteiger partial charge on any atom is -0.493 e. The van der Waals surface area contributed by atoms with Crippen molar-refractivity contribution in [1.82, 2.24) is 5.32 Å². The summed E-state index contributed by atoms with van der Waals surface area (Å²) in [6, 6.07) is 9.29. The number of hydrogen-bond acceptors (Lipinski definition) is 5. The van der Waals surface area contributed by atoms with Gasteiger partial charge in [0.2, 0.25) is 0 Å². The van der Waals surface area contributed by atoms with Gasteiger partial charge in [-0.2, -0.15) is 11.3 Å². The highest BCUT2D eigenvalue weighted by atomic mass is 32.1. The summed E-state index contributed by atoms with van der Waals surface area (Å²) in [7, 11) is 1.56. The topological polar surface area (TPSA) is 67.8 Å². The molecule has 0 bridgehead atoms. The predicted molar refractivity (Wildman–Crippen MR) is 94.9 cm³/mol. The van der Waals surface area contributed by atoms with Crippen LogP contribution in [0.4, 0.5) is 0 Å². The molecule has 1 atom stereocenters. The van der Waals surface area contributed by atoms with Gasteiger partial charge in [0.1, 0.15) is 0 Å². The average molecular weight is 349 g/mol. The summed E-state index contributed by atoms with van der Waals surface area (Å²) in [6.07, 6.45) is 1.49. The summed E-state index contributed by atoms with van der Waals surface area (Å²) in [5.74, 6) is 1.24. The molecule has 2 rings (SSSR count). The number of rotatable bonds is 10. The maximum Gasteiger partial charge on any atom is 0.257 e. The summed E-state index contributed by atoms with van der Waals surface area (Å²) >= 11 is 1.64. The van der Waals surface area contributed by atoms with Crippen LogP contribution in [0.15, 0.2) is 41.1 Å². The highest BCUT2D eigenvalue weighted by molar-refractivity contribution is 7.07. The third kappa shape index (κ3) is 5.54. The molecule has 0 aliphatic carbocycles. The Balaban J connectivity index is 1.74. The number of amides is 1. The first-order chi connectivity index (χ1) is 11.7. The number of hydrogen-bond donors (Lipinski definition) is 2. The number of carbonyl (C=O) groups excluding carboxylic acids is 1. The molecule has 1 aromatic carbocycles. The van der Waals surface area contributed by atoms with Gasteiger partial charge in [0, 0.05) is 13.2 Å². The van der Waals surface area contributed by atoms with Crippen molar-refractivity contribution in [2.24, 2.45) is 0 Å². The fourth-order valence-electron chi connectivity index (χ4n) is 2.46. The Morgan fingerprint density at radius 2 is 2.04 bits per heavy atom. The fourth-order valence-corrected chi connectivity index (χ4v) is 3.20. The van der Waals surface area contributed by atoms with Crippen LogP contribution >= 0.6 is 11.3 Å². The first-order valence-electron chi connectivity index (χ1n) is 7.90. The van der Waals surface area contributed by atoms with E-state index >= 15 is 0 Å². The Hall–Kier alpha value is -2.05. The maximum absolute atomic E-state index is 11.9. The van der Waals surface area contributed by atoms with Crippen molar-refractivity contribution in [2.45, 2.75) is 18.8 Å². The predicted octanol–water partition coefficient (Wildman–Crippen LogP) is 2.81. The molecule has 5 nitrogen and oxygen atoms in total. The van der Waals surface area contributed by atoms with Crippen molar-refractivity contribution >= 4 is 17.2 Å². The second kappa shape index (κ2) is 9.95. The van der Waals surface area contributed by atoms with Crippen LogP contribution in [-0.4, -0.2) is 37.9 Å². The molecule has 1 heterocycles. The Bertz CT molecular complexity index is 615. The molecule has 1 amide bonds. The molecule has 2 aromatic rings. The molecular weight excluding hydrogens is 326 g/mol. The summed E-state index contributed by atoms with van der Waals surface area (Å²) in [4.78, 5) is 11.9. The van der Waals surface area contributed by atoms with E-state index in [4.69, 9.17) is 9.47 Å². The van der Waals surface area contributed by atoms with Crippen molar-refractivity contribution in [3.05, 3.63) is 46.7 Å². The highest BCUT2D eigenvalue weighted by Gasteiger charge is 2.12. The lowest BCUT2D eigenvalue weighted by atomic mass is 9.95. The van der Waals surface area contributed by atoms with Crippen molar-refractivity contribution in [2.75, 3.05) is 26.9 Å². The number of methoxy groups -OCH3 is 1. The number of para-hydroxylation sites is 2. The second-order valence-corrected chi connectivity index (χ2v) is 6.12. The smallest absolute Gasteiger partial charge is 0.257 e. The zero-order valence-corrected chi connectivity index (χ0v) is 14.6. The van der Waals surface area contributed by atoms with Crippen LogP contribution in [0.3, 0.4) is 0 Å². The van der Waals surface area contributed by atoms with Crippen molar-refractivity contribution < 1.29 is 19.4 Å². The fraction of sp³-hybridized carbons (Fsp3) is 0.389. The molecule has 0 aliphatic rings. The number of thiophene rings is 1. The third-order valence-electron chi connectivity index (χ3n) is 3.73. The lowest BCUT2D eigenvalue weighted by molar-refractivity contribution is -0.123. The van der Waals surface area contributed by atoms with E-state index in [1.807, 2.05) is 17.5 Å². The van der Waals surface area contributed by atoms with E-state index in [9.17, 15) is 9.90 Å². The van der Waals surface area contributed by atoms with Gasteiger partial charge in [-0.15, -0.1) is 0 Å². The molecule has 1 aromatic heterocycles. The van der Waals surface area contributed by atoms with Crippen molar-refractivity contribution in [3.63, 3.8) is 0 Å². The van der Waals surface area contributed by atoms with E-state index < -0.39 is 0 Å². The molecule has 24 heavy (non-hydrogen) atoms. The van der Waals surface area contributed by atoms with Crippen LogP contribution in [0, 0.1) is 0 Å². The summed E-state index contributed by atoms with van der Waals surface area (Å²) in [6.45, 7) is 0.642. The Morgan fingerprint density at radius 3 is 2.71 bits per heavy atom. The Labute approximate surface area is 146 Å². The van der Waals surface area contributed by atoms with Gasteiger partial charge < -0.3 is 19.9 Å². The van der Waals surface area contributed by atoms with Gasteiger partial charge in [-0.25, -0.2) is 0 Å². The van der Waals surface area contributed by atoms with E-state index in [0.717, 1.165) is 6.42 Å². The molecule has 0 aliphatic heterocycles. The number of benzene rings is 1. The Morgan fingerprint density at radius 1 is 1.25 bits per heavy atom. The van der Waals surface area contributed by atoms with Gasteiger partial charge in [0.15, 0.2) is 18.1 Å². The monoisotopic (exact) mass is 349 g/mol. The minimum absolute atomic E-state index is 0.0521. The van der Waals surface area contributed by atoms with E-state index in [1.165, 1.54) is 5.56 Å². The van der Waals surface area contributed by atoms with Gasteiger partial charge in [0.05, 0.1) is 7.11 Å². The summed E-state index contributed by atoms with van der Waals surface area (Å²) in [5.41, 5.74) is 1.22. The van der Waals surface area contributed by atoms with Crippen LogP contribution < -0.4 is 14.8 Å². The number of aliphatic hydroxyl groups excluding tert-OH is 1. The molecule has 6 heteroatoms. The quantitative estimate of drug-likeness (QED) is 0.692. The lowest BCUT2D eigenvalue weighted by Gasteiger charge is -2.15. The molecule has 130 valence electrons. The largest absolute Gasteiger partial charge is 0.493 e. The van der Waals surface area contributed by atoms with Crippen LogP contribution in [0.1, 0.15) is 24.3 Å². The van der Waals surface area contributed by atoms with Crippen molar-refractivity contribution in [3.8, 4) is 11.5 Å². The van der Waals surface area contributed by atoms with Crippen LogP contribution in [0.2, 0.25) is 0 Å². The zero-order chi connectivity index (χ0) is 17.2.